The standard InChI is InChI=1S/C3H5NO.C3H6O.C2H6O2/c1-2-3(4)5;1-3-2-4-3;3-1-2-4/h2H,1H2,(H2,4,5);3H,2H2,1H3;3-4H,1-2H2. The fourth-order valence-electron chi connectivity index (χ4n) is 0.0962. The highest BCUT2D eigenvalue weighted by molar-refractivity contribution is 5.84. The Bertz CT molecular complexity index is 132. The van der Waals surface area contributed by atoms with Gasteiger partial charge < -0.3 is 20.7 Å². The monoisotopic (exact) mass is 191 g/mol. The highest BCUT2D eigenvalue weighted by atomic mass is 16.6. The van der Waals surface area contributed by atoms with Crippen LogP contribution in [0.3, 0.4) is 0 Å². The minimum atomic E-state index is -0.481. The van der Waals surface area contributed by atoms with E-state index < -0.39 is 5.91 Å². The van der Waals surface area contributed by atoms with Gasteiger partial charge in [0.25, 0.3) is 0 Å². The topological polar surface area (TPSA) is 96.1 Å². The molecule has 0 aromatic heterocycles. The highest BCUT2D eigenvalue weighted by Crippen LogP contribution is 2.04. The number of hydrogen-bond acceptors (Lipinski definition) is 4. The molecule has 4 N–H and O–H groups in total. The zero-order valence-electron chi connectivity index (χ0n) is 7.77. The maximum absolute atomic E-state index is 9.47. The van der Waals surface area contributed by atoms with Crippen molar-refractivity contribution in [1.29, 1.82) is 0 Å². The number of aliphatic hydroxyl groups is 2. The van der Waals surface area contributed by atoms with Crippen LogP contribution in [0.5, 0.6) is 0 Å². The Morgan fingerprint density at radius 1 is 1.69 bits per heavy atom. The number of carbonyl (C=O) groups is 1. The Kier molecular flexibility index (Phi) is 12.5. The smallest absolute Gasteiger partial charge is 0.240 e. The van der Waals surface area contributed by atoms with Crippen molar-refractivity contribution < 1.29 is 19.7 Å². The summed E-state index contributed by atoms with van der Waals surface area (Å²) in [4.78, 5) is 9.47. The molecule has 0 spiro atoms. The lowest BCUT2D eigenvalue weighted by molar-refractivity contribution is -0.113. The van der Waals surface area contributed by atoms with Gasteiger partial charge in [0.15, 0.2) is 0 Å². The second-order valence-electron chi connectivity index (χ2n) is 2.20. The Balaban J connectivity index is 0. The summed E-state index contributed by atoms with van der Waals surface area (Å²) in [6.45, 7) is 5.88. The van der Waals surface area contributed by atoms with E-state index >= 15 is 0 Å². The van der Waals surface area contributed by atoms with Gasteiger partial charge >= 0.3 is 0 Å². The number of ether oxygens (including phenoxy) is 1. The molecular weight excluding hydrogens is 174 g/mol. The minimum Gasteiger partial charge on any atom is -0.394 e. The van der Waals surface area contributed by atoms with Crippen molar-refractivity contribution in [2.75, 3.05) is 19.8 Å². The summed E-state index contributed by atoms with van der Waals surface area (Å²) in [6, 6.07) is 0. The van der Waals surface area contributed by atoms with Crippen LogP contribution >= 0.6 is 0 Å². The number of hydrogen-bond donors (Lipinski definition) is 3. The van der Waals surface area contributed by atoms with Crippen LogP contribution in [0.4, 0.5) is 0 Å². The lowest BCUT2D eigenvalue weighted by Gasteiger charge is -1.70. The van der Waals surface area contributed by atoms with Crippen LogP contribution in [0.15, 0.2) is 12.7 Å². The van der Waals surface area contributed by atoms with Crippen LogP contribution < -0.4 is 5.73 Å². The first-order valence-electron chi connectivity index (χ1n) is 3.83. The summed E-state index contributed by atoms with van der Waals surface area (Å²) < 4.78 is 4.71. The average molecular weight is 191 g/mol. The van der Waals surface area contributed by atoms with Gasteiger partial charge in [-0.05, 0) is 13.0 Å². The molecule has 5 nitrogen and oxygen atoms in total. The Hall–Kier alpha value is -0.910. The normalized spacial score (nSPS) is 17.0. The molecule has 0 radical (unpaired) electrons. The summed E-state index contributed by atoms with van der Waals surface area (Å²) >= 11 is 0. The highest BCUT2D eigenvalue weighted by Gasteiger charge is 2.13. The zero-order valence-corrected chi connectivity index (χ0v) is 7.77. The molecule has 1 aliphatic rings. The van der Waals surface area contributed by atoms with Crippen molar-refractivity contribution in [2.24, 2.45) is 5.73 Å². The molecule has 0 bridgehead atoms. The van der Waals surface area contributed by atoms with Crippen molar-refractivity contribution in [3.05, 3.63) is 12.7 Å². The van der Waals surface area contributed by atoms with Gasteiger partial charge in [0.05, 0.1) is 25.9 Å². The van der Waals surface area contributed by atoms with Gasteiger partial charge in [-0.3, -0.25) is 4.79 Å². The van der Waals surface area contributed by atoms with E-state index in [9.17, 15) is 4.79 Å². The number of primary amides is 1. The summed E-state index contributed by atoms with van der Waals surface area (Å²) in [6.07, 6.45) is 1.64. The predicted molar refractivity (Wildman–Crippen MR) is 49.0 cm³/mol. The van der Waals surface area contributed by atoms with Crippen LogP contribution in [0.25, 0.3) is 0 Å². The minimum absolute atomic E-state index is 0.125. The largest absolute Gasteiger partial charge is 0.394 e. The van der Waals surface area contributed by atoms with Crippen LogP contribution in [0.1, 0.15) is 6.92 Å². The summed E-state index contributed by atoms with van der Waals surface area (Å²) in [5, 5.41) is 15.2. The molecule has 1 fully saturated rings. The van der Waals surface area contributed by atoms with Crippen LogP contribution in [0, 0.1) is 0 Å². The zero-order chi connectivity index (χ0) is 10.7. The van der Waals surface area contributed by atoms with Gasteiger partial charge in [0, 0.05) is 0 Å². The molecule has 1 aliphatic heterocycles. The van der Waals surface area contributed by atoms with Crippen molar-refractivity contribution in [1.82, 2.24) is 0 Å². The number of aliphatic hydroxyl groups excluding tert-OH is 2. The first-order valence-corrected chi connectivity index (χ1v) is 3.83. The van der Waals surface area contributed by atoms with E-state index in [1.54, 1.807) is 0 Å². The van der Waals surface area contributed by atoms with Gasteiger partial charge in [-0.2, -0.15) is 0 Å². The maximum atomic E-state index is 9.47. The third-order valence-electron chi connectivity index (χ3n) is 0.801. The van der Waals surface area contributed by atoms with E-state index in [0.29, 0.717) is 6.10 Å². The second kappa shape index (κ2) is 11.1. The second-order valence-corrected chi connectivity index (χ2v) is 2.20. The summed E-state index contributed by atoms with van der Waals surface area (Å²) in [5.41, 5.74) is 4.53. The van der Waals surface area contributed by atoms with Crippen molar-refractivity contribution >= 4 is 5.91 Å². The molecule has 78 valence electrons. The summed E-state index contributed by atoms with van der Waals surface area (Å²) in [5.74, 6) is -0.481. The molecule has 1 heterocycles. The van der Waals surface area contributed by atoms with Crippen LogP contribution in [-0.2, 0) is 9.53 Å². The fourth-order valence-corrected chi connectivity index (χ4v) is 0.0962. The van der Waals surface area contributed by atoms with Gasteiger partial charge in [0.2, 0.25) is 5.91 Å². The van der Waals surface area contributed by atoms with E-state index in [0.717, 1.165) is 12.7 Å². The summed E-state index contributed by atoms with van der Waals surface area (Å²) in [7, 11) is 0. The number of epoxide rings is 1. The number of carbonyl (C=O) groups excluding carboxylic acids is 1. The maximum Gasteiger partial charge on any atom is 0.240 e. The van der Waals surface area contributed by atoms with E-state index in [1.807, 2.05) is 0 Å². The Labute approximate surface area is 77.8 Å². The molecule has 0 aliphatic carbocycles. The molecule has 5 heteroatoms. The molecule has 0 saturated carbocycles. The Morgan fingerprint density at radius 2 is 1.92 bits per heavy atom. The van der Waals surface area contributed by atoms with E-state index in [2.05, 4.69) is 19.2 Å². The van der Waals surface area contributed by atoms with E-state index in [-0.39, 0.29) is 13.2 Å². The van der Waals surface area contributed by atoms with Crippen molar-refractivity contribution in [3.8, 4) is 0 Å². The lowest BCUT2D eigenvalue weighted by Crippen LogP contribution is -2.04. The van der Waals surface area contributed by atoms with Gasteiger partial charge in [-0.15, -0.1) is 0 Å². The van der Waals surface area contributed by atoms with Gasteiger partial charge in [-0.25, -0.2) is 0 Å². The third kappa shape index (κ3) is 35.4. The van der Waals surface area contributed by atoms with Crippen molar-refractivity contribution in [2.45, 2.75) is 13.0 Å². The molecule has 13 heavy (non-hydrogen) atoms. The first kappa shape index (κ1) is 14.6. The van der Waals surface area contributed by atoms with E-state index in [1.165, 1.54) is 0 Å². The Morgan fingerprint density at radius 3 is 1.92 bits per heavy atom. The molecule has 0 aromatic carbocycles. The molecule has 1 atom stereocenters. The molecule has 0 aromatic rings. The van der Waals surface area contributed by atoms with Gasteiger partial charge in [0.1, 0.15) is 0 Å². The average Bonchev–Trinajstić information content (AvgIpc) is 2.89. The number of rotatable bonds is 2. The number of amides is 1. The molecule has 1 amide bonds. The van der Waals surface area contributed by atoms with Crippen LogP contribution in [-0.4, -0.2) is 42.0 Å². The SMILES string of the molecule is C=CC(N)=O.CC1CO1.OCCO. The van der Waals surface area contributed by atoms with Gasteiger partial charge in [-0.1, -0.05) is 6.58 Å². The quantitative estimate of drug-likeness (QED) is 0.386. The molecule has 1 unspecified atom stereocenters. The molecule has 1 saturated heterocycles. The number of nitrogens with two attached hydrogens (primary N) is 1. The van der Waals surface area contributed by atoms with Crippen molar-refractivity contribution in [3.63, 3.8) is 0 Å². The van der Waals surface area contributed by atoms with E-state index in [4.69, 9.17) is 14.9 Å². The fraction of sp³-hybridized carbons (Fsp3) is 0.625. The predicted octanol–water partition coefficient (Wildman–Crippen LogP) is -0.966. The van der Waals surface area contributed by atoms with Crippen LogP contribution in [0.2, 0.25) is 0 Å². The third-order valence-corrected chi connectivity index (χ3v) is 0.801. The molecular formula is C8H17NO4. The molecule has 1 rings (SSSR count). The first-order chi connectivity index (χ1) is 6.08. The lowest BCUT2D eigenvalue weighted by atomic mass is 10.6.